The molecule has 1 aliphatic rings. The van der Waals surface area contributed by atoms with Crippen molar-refractivity contribution in [1.82, 2.24) is 15.2 Å². The Balaban J connectivity index is 1.77. The summed E-state index contributed by atoms with van der Waals surface area (Å²) in [6.07, 6.45) is 2.41. The third-order valence-corrected chi connectivity index (χ3v) is 6.14. The summed E-state index contributed by atoms with van der Waals surface area (Å²) in [5.74, 6) is 1.92. The summed E-state index contributed by atoms with van der Waals surface area (Å²) in [6, 6.07) is 15.3. The molecule has 2 heterocycles. The molecule has 7 nitrogen and oxygen atoms in total. The summed E-state index contributed by atoms with van der Waals surface area (Å²) in [6.45, 7) is 6.40. The van der Waals surface area contributed by atoms with Gasteiger partial charge in [-0.25, -0.2) is 0 Å². The summed E-state index contributed by atoms with van der Waals surface area (Å²) in [5.41, 5.74) is 2.82. The number of thioether (sulfide) groups is 1. The van der Waals surface area contributed by atoms with E-state index in [0.717, 1.165) is 41.9 Å². The lowest BCUT2D eigenvalue weighted by Crippen LogP contribution is -2.36. The maximum absolute atomic E-state index is 12.9. The largest absolute Gasteiger partial charge is 0.494 e. The van der Waals surface area contributed by atoms with E-state index in [1.807, 2.05) is 48.5 Å². The highest BCUT2D eigenvalue weighted by Crippen LogP contribution is 2.43. The van der Waals surface area contributed by atoms with E-state index in [-0.39, 0.29) is 5.91 Å². The van der Waals surface area contributed by atoms with E-state index in [1.54, 1.807) is 16.7 Å². The van der Waals surface area contributed by atoms with Crippen molar-refractivity contribution in [3.8, 4) is 22.9 Å². The second-order valence-corrected chi connectivity index (χ2v) is 8.81. The molecule has 0 saturated carbocycles. The summed E-state index contributed by atoms with van der Waals surface area (Å²) in [4.78, 5) is 19.2. The minimum atomic E-state index is -0.699. The molecular weight excluding hydrogens is 436 g/mol. The minimum absolute atomic E-state index is 0.142. The van der Waals surface area contributed by atoms with E-state index in [9.17, 15) is 4.79 Å². The van der Waals surface area contributed by atoms with Crippen molar-refractivity contribution in [3.05, 3.63) is 54.1 Å². The Labute approximate surface area is 198 Å². The zero-order chi connectivity index (χ0) is 23.2. The predicted octanol–water partition coefficient (Wildman–Crippen LogP) is 5.66. The quantitative estimate of drug-likeness (QED) is 0.314. The fourth-order valence-corrected chi connectivity index (χ4v) is 4.45. The van der Waals surface area contributed by atoms with Crippen LogP contribution < -0.4 is 14.4 Å². The highest BCUT2D eigenvalue weighted by Gasteiger charge is 2.34. The van der Waals surface area contributed by atoms with Gasteiger partial charge in [-0.15, -0.1) is 10.2 Å². The van der Waals surface area contributed by atoms with Crippen LogP contribution in [0, 0.1) is 0 Å². The van der Waals surface area contributed by atoms with Crippen LogP contribution in [0.5, 0.6) is 11.6 Å². The molecule has 1 amide bonds. The maximum Gasteiger partial charge on any atom is 0.247 e. The van der Waals surface area contributed by atoms with Crippen molar-refractivity contribution in [2.24, 2.45) is 0 Å². The first-order valence-corrected chi connectivity index (χ1v) is 12.3. The molecule has 0 radical (unpaired) electrons. The topological polar surface area (TPSA) is 77.4 Å². The van der Waals surface area contributed by atoms with Gasteiger partial charge in [-0.1, -0.05) is 50.2 Å². The monoisotopic (exact) mass is 464 g/mol. The van der Waals surface area contributed by atoms with Crippen LogP contribution in [0.1, 0.15) is 51.8 Å². The van der Waals surface area contributed by atoms with Crippen LogP contribution >= 0.6 is 11.8 Å². The normalized spacial score (nSPS) is 14.6. The molecule has 1 aromatic heterocycles. The molecule has 1 aliphatic heterocycles. The van der Waals surface area contributed by atoms with Crippen molar-refractivity contribution >= 4 is 23.4 Å². The van der Waals surface area contributed by atoms with Gasteiger partial charge in [-0.05, 0) is 43.2 Å². The molecule has 1 atom stereocenters. The molecular formula is C25H28N4O3S. The number of anilines is 1. The molecule has 0 spiro atoms. The van der Waals surface area contributed by atoms with E-state index in [2.05, 4.69) is 29.0 Å². The van der Waals surface area contributed by atoms with Gasteiger partial charge in [0.15, 0.2) is 5.69 Å². The van der Waals surface area contributed by atoms with Gasteiger partial charge in [0, 0.05) is 23.8 Å². The van der Waals surface area contributed by atoms with Gasteiger partial charge in [-0.2, -0.15) is 4.98 Å². The number of para-hydroxylation sites is 1. The lowest BCUT2D eigenvalue weighted by molar-refractivity contribution is -0.118. The molecule has 0 fully saturated rings. The zero-order valence-electron chi connectivity index (χ0n) is 19.2. The standard InChI is InChI=1S/C25H28N4O3S/c1-4-6-16-33-25-26-23-22(27-28-25)20-9-7-8-10-21(20)29(17(3)30)24(32-23)18-11-13-19(14-12-18)31-15-5-2/h7-14,24H,4-6,15-16H2,1-3H3. The van der Waals surface area contributed by atoms with Crippen molar-refractivity contribution in [3.63, 3.8) is 0 Å². The molecule has 8 heteroatoms. The third-order valence-electron chi connectivity index (χ3n) is 5.22. The average Bonchev–Trinajstić information content (AvgIpc) is 2.97. The highest BCUT2D eigenvalue weighted by atomic mass is 32.2. The van der Waals surface area contributed by atoms with Gasteiger partial charge >= 0.3 is 0 Å². The summed E-state index contributed by atoms with van der Waals surface area (Å²) in [7, 11) is 0. The van der Waals surface area contributed by atoms with Crippen molar-refractivity contribution in [1.29, 1.82) is 0 Å². The van der Waals surface area contributed by atoms with Crippen LogP contribution in [0.15, 0.2) is 53.7 Å². The first kappa shape index (κ1) is 23.0. The van der Waals surface area contributed by atoms with E-state index in [0.29, 0.717) is 29.0 Å². The van der Waals surface area contributed by atoms with Gasteiger partial charge in [0.2, 0.25) is 23.2 Å². The van der Waals surface area contributed by atoms with Crippen LogP contribution in [0.2, 0.25) is 0 Å². The zero-order valence-corrected chi connectivity index (χ0v) is 20.0. The Morgan fingerprint density at radius 3 is 2.61 bits per heavy atom. The van der Waals surface area contributed by atoms with Gasteiger partial charge in [0.25, 0.3) is 0 Å². The lowest BCUT2D eigenvalue weighted by Gasteiger charge is -2.30. The van der Waals surface area contributed by atoms with Crippen molar-refractivity contribution < 1.29 is 14.3 Å². The molecule has 0 aliphatic carbocycles. The maximum atomic E-state index is 12.9. The number of unbranched alkanes of at least 4 members (excludes halogenated alkanes) is 1. The number of ether oxygens (including phenoxy) is 2. The molecule has 0 bridgehead atoms. The number of carbonyl (C=O) groups is 1. The number of aromatic nitrogens is 3. The molecule has 4 rings (SSSR count). The molecule has 1 unspecified atom stereocenters. The summed E-state index contributed by atoms with van der Waals surface area (Å²) < 4.78 is 12.1. The van der Waals surface area contributed by atoms with Crippen LogP contribution in [0.3, 0.4) is 0 Å². The van der Waals surface area contributed by atoms with E-state index >= 15 is 0 Å². The van der Waals surface area contributed by atoms with E-state index in [4.69, 9.17) is 9.47 Å². The Kier molecular flexibility index (Phi) is 7.44. The van der Waals surface area contributed by atoms with Gasteiger partial charge in [0.05, 0.1) is 12.3 Å². The Morgan fingerprint density at radius 1 is 1.09 bits per heavy atom. The van der Waals surface area contributed by atoms with Gasteiger partial charge in [0.1, 0.15) is 5.75 Å². The number of fused-ring (bicyclic) bond motifs is 3. The number of rotatable bonds is 8. The second kappa shape index (κ2) is 10.7. The number of benzene rings is 2. The average molecular weight is 465 g/mol. The molecule has 172 valence electrons. The van der Waals surface area contributed by atoms with Crippen molar-refractivity contribution in [2.45, 2.75) is 51.4 Å². The molecule has 0 saturated heterocycles. The fourth-order valence-electron chi connectivity index (χ4n) is 3.59. The Morgan fingerprint density at radius 2 is 1.88 bits per heavy atom. The van der Waals surface area contributed by atoms with Crippen LogP contribution in [0.25, 0.3) is 11.3 Å². The lowest BCUT2D eigenvalue weighted by atomic mass is 10.1. The van der Waals surface area contributed by atoms with Gasteiger partial charge in [-0.3, -0.25) is 9.69 Å². The molecule has 2 aromatic carbocycles. The smallest absolute Gasteiger partial charge is 0.247 e. The van der Waals surface area contributed by atoms with Crippen LogP contribution in [-0.4, -0.2) is 33.4 Å². The van der Waals surface area contributed by atoms with Crippen molar-refractivity contribution in [2.75, 3.05) is 17.3 Å². The number of hydrogen-bond donors (Lipinski definition) is 0. The number of amides is 1. The van der Waals surface area contributed by atoms with E-state index < -0.39 is 6.23 Å². The SMILES string of the molecule is CCCCSc1nnc2c(n1)OC(c1ccc(OCCC)cc1)N(C(C)=O)c1ccccc1-2. The number of nitrogens with zero attached hydrogens (tertiary/aromatic N) is 4. The number of carbonyl (C=O) groups excluding carboxylic acids is 1. The van der Waals surface area contributed by atoms with Crippen LogP contribution in [-0.2, 0) is 4.79 Å². The Hall–Kier alpha value is -3.13. The summed E-state index contributed by atoms with van der Waals surface area (Å²) in [5, 5.41) is 9.33. The minimum Gasteiger partial charge on any atom is -0.494 e. The Bertz CT molecular complexity index is 1110. The highest BCUT2D eigenvalue weighted by molar-refractivity contribution is 7.99. The second-order valence-electron chi connectivity index (χ2n) is 7.74. The summed E-state index contributed by atoms with van der Waals surface area (Å²) >= 11 is 1.56. The first-order valence-electron chi connectivity index (χ1n) is 11.3. The predicted molar refractivity (Wildman–Crippen MR) is 130 cm³/mol. The fraction of sp³-hybridized carbons (Fsp3) is 0.360. The van der Waals surface area contributed by atoms with Crippen LogP contribution in [0.4, 0.5) is 5.69 Å². The first-order chi connectivity index (χ1) is 16.1. The molecule has 3 aromatic rings. The van der Waals surface area contributed by atoms with Gasteiger partial charge < -0.3 is 9.47 Å². The molecule has 0 N–H and O–H groups in total. The third kappa shape index (κ3) is 5.11. The van der Waals surface area contributed by atoms with E-state index in [1.165, 1.54) is 6.92 Å². The molecule has 33 heavy (non-hydrogen) atoms. The number of hydrogen-bond acceptors (Lipinski definition) is 7.